The Bertz CT molecular complexity index is 377. The van der Waals surface area contributed by atoms with Crippen LogP contribution in [-0.4, -0.2) is 46.6 Å². The molecule has 0 spiro atoms. The molecule has 0 bridgehead atoms. The van der Waals surface area contributed by atoms with Crippen LogP contribution in [0.1, 0.15) is 52.4 Å². The number of carboxylic acids is 1. The third kappa shape index (κ3) is 3.32. The quantitative estimate of drug-likeness (QED) is 0.822. The molecule has 1 saturated heterocycles. The molecule has 5 nitrogen and oxygen atoms in total. The molecular weight excluding hydrogens is 256 g/mol. The first kappa shape index (κ1) is 15.3. The van der Waals surface area contributed by atoms with Crippen LogP contribution in [-0.2, 0) is 9.59 Å². The molecule has 1 amide bonds. The van der Waals surface area contributed by atoms with Gasteiger partial charge >= 0.3 is 5.97 Å². The Kier molecular flexibility index (Phi) is 4.68. The number of carbonyl (C=O) groups excluding carboxylic acids is 1. The zero-order valence-electron chi connectivity index (χ0n) is 12.5. The molecule has 1 atom stereocenters. The molecule has 0 radical (unpaired) electrons. The van der Waals surface area contributed by atoms with E-state index >= 15 is 0 Å². The highest BCUT2D eigenvalue weighted by Gasteiger charge is 2.44. The number of aliphatic carboxylic acids is 1. The Morgan fingerprint density at radius 1 is 1.30 bits per heavy atom. The van der Waals surface area contributed by atoms with E-state index in [2.05, 4.69) is 12.2 Å². The summed E-state index contributed by atoms with van der Waals surface area (Å²) in [5.41, 5.74) is -0.877. The van der Waals surface area contributed by atoms with Gasteiger partial charge in [-0.05, 0) is 57.9 Å². The Balaban J connectivity index is 1.84. The van der Waals surface area contributed by atoms with Crippen LogP contribution < -0.4 is 5.32 Å². The van der Waals surface area contributed by atoms with Gasteiger partial charge < -0.3 is 10.4 Å². The standard InChI is InChI=1S/C15H26N2O3/c1-11-4-6-12(7-5-11)16-13(18)10-17-9-3-8-15(17,2)14(19)20/h11-12H,3-10H2,1-2H3,(H,16,18)(H,19,20). The van der Waals surface area contributed by atoms with Crippen molar-refractivity contribution in [3.63, 3.8) is 0 Å². The molecule has 0 aromatic carbocycles. The molecule has 2 aliphatic rings. The van der Waals surface area contributed by atoms with E-state index in [4.69, 9.17) is 0 Å². The van der Waals surface area contributed by atoms with Crippen molar-refractivity contribution in [3.8, 4) is 0 Å². The molecule has 0 aromatic rings. The fraction of sp³-hybridized carbons (Fsp3) is 0.867. The first-order chi connectivity index (χ1) is 9.41. The van der Waals surface area contributed by atoms with E-state index in [1.807, 2.05) is 0 Å². The fourth-order valence-corrected chi connectivity index (χ4v) is 3.37. The molecule has 2 N–H and O–H groups in total. The Morgan fingerprint density at radius 2 is 1.95 bits per heavy atom. The molecule has 5 heteroatoms. The van der Waals surface area contributed by atoms with Crippen molar-refractivity contribution in [2.75, 3.05) is 13.1 Å². The maximum Gasteiger partial charge on any atom is 0.323 e. The van der Waals surface area contributed by atoms with Gasteiger partial charge in [-0.2, -0.15) is 0 Å². The SMILES string of the molecule is CC1CCC(NC(=O)CN2CCCC2(C)C(=O)O)CC1. The maximum atomic E-state index is 12.1. The third-order valence-corrected chi connectivity index (χ3v) is 4.97. The second-order valence-corrected chi connectivity index (χ2v) is 6.63. The lowest BCUT2D eigenvalue weighted by molar-refractivity contribution is -0.149. The lowest BCUT2D eigenvalue weighted by atomic mass is 9.87. The molecule has 2 rings (SSSR count). The molecule has 2 fully saturated rings. The van der Waals surface area contributed by atoms with Crippen molar-refractivity contribution in [2.24, 2.45) is 5.92 Å². The molecule has 20 heavy (non-hydrogen) atoms. The molecule has 1 aliphatic heterocycles. The number of amides is 1. The summed E-state index contributed by atoms with van der Waals surface area (Å²) in [7, 11) is 0. The number of likely N-dealkylation sites (tertiary alicyclic amines) is 1. The molecule has 1 aliphatic carbocycles. The number of carboxylic acid groups (broad SMARTS) is 1. The van der Waals surface area contributed by atoms with Gasteiger partial charge in [0.25, 0.3) is 0 Å². The largest absolute Gasteiger partial charge is 0.480 e. The number of nitrogens with one attached hydrogen (secondary N) is 1. The van der Waals surface area contributed by atoms with Crippen LogP contribution in [0.3, 0.4) is 0 Å². The molecule has 1 heterocycles. The smallest absolute Gasteiger partial charge is 0.323 e. The van der Waals surface area contributed by atoms with Gasteiger partial charge in [0.05, 0.1) is 6.54 Å². The van der Waals surface area contributed by atoms with Crippen molar-refractivity contribution < 1.29 is 14.7 Å². The Morgan fingerprint density at radius 3 is 2.55 bits per heavy atom. The van der Waals surface area contributed by atoms with Gasteiger partial charge in [-0.25, -0.2) is 0 Å². The van der Waals surface area contributed by atoms with Crippen LogP contribution in [0.4, 0.5) is 0 Å². The lowest BCUT2D eigenvalue weighted by Gasteiger charge is -2.32. The van der Waals surface area contributed by atoms with Crippen molar-refractivity contribution in [3.05, 3.63) is 0 Å². The highest BCUT2D eigenvalue weighted by molar-refractivity contribution is 5.82. The summed E-state index contributed by atoms with van der Waals surface area (Å²) in [6, 6.07) is 0.275. The molecule has 1 saturated carbocycles. The Hall–Kier alpha value is -1.10. The van der Waals surface area contributed by atoms with E-state index in [1.54, 1.807) is 11.8 Å². The van der Waals surface area contributed by atoms with Gasteiger partial charge in [-0.15, -0.1) is 0 Å². The monoisotopic (exact) mass is 282 g/mol. The number of carbonyl (C=O) groups is 2. The van der Waals surface area contributed by atoms with Gasteiger partial charge in [0.2, 0.25) is 5.91 Å². The topological polar surface area (TPSA) is 69.6 Å². The highest BCUT2D eigenvalue weighted by Crippen LogP contribution is 2.29. The second kappa shape index (κ2) is 6.12. The molecule has 0 aromatic heterocycles. The summed E-state index contributed by atoms with van der Waals surface area (Å²) in [4.78, 5) is 25.3. The normalized spacial score (nSPS) is 34.9. The van der Waals surface area contributed by atoms with Gasteiger partial charge in [0.1, 0.15) is 5.54 Å². The summed E-state index contributed by atoms with van der Waals surface area (Å²) in [6.07, 6.45) is 5.89. The minimum Gasteiger partial charge on any atom is -0.480 e. The van der Waals surface area contributed by atoms with Gasteiger partial charge in [0.15, 0.2) is 0 Å². The van der Waals surface area contributed by atoms with E-state index in [1.165, 1.54) is 12.8 Å². The average Bonchev–Trinajstić information content (AvgIpc) is 2.75. The maximum absolute atomic E-state index is 12.1. The van der Waals surface area contributed by atoms with Crippen LogP contribution >= 0.6 is 0 Å². The van der Waals surface area contributed by atoms with E-state index in [-0.39, 0.29) is 18.5 Å². The number of nitrogens with zero attached hydrogens (tertiary/aromatic N) is 1. The molecule has 114 valence electrons. The first-order valence-electron chi connectivity index (χ1n) is 7.69. The van der Waals surface area contributed by atoms with Gasteiger partial charge in [0, 0.05) is 6.04 Å². The van der Waals surface area contributed by atoms with E-state index in [0.717, 1.165) is 25.2 Å². The molecular formula is C15H26N2O3. The van der Waals surface area contributed by atoms with Crippen molar-refractivity contribution in [1.29, 1.82) is 0 Å². The number of hydrogen-bond acceptors (Lipinski definition) is 3. The van der Waals surface area contributed by atoms with Gasteiger partial charge in [-0.1, -0.05) is 6.92 Å². The summed E-state index contributed by atoms with van der Waals surface area (Å²) >= 11 is 0. The summed E-state index contributed by atoms with van der Waals surface area (Å²) < 4.78 is 0. The predicted molar refractivity (Wildman–Crippen MR) is 76.4 cm³/mol. The van der Waals surface area contributed by atoms with Crippen molar-refractivity contribution >= 4 is 11.9 Å². The van der Waals surface area contributed by atoms with E-state index in [0.29, 0.717) is 13.0 Å². The number of hydrogen-bond donors (Lipinski definition) is 2. The van der Waals surface area contributed by atoms with Crippen molar-refractivity contribution in [1.82, 2.24) is 10.2 Å². The van der Waals surface area contributed by atoms with E-state index in [9.17, 15) is 14.7 Å². The van der Waals surface area contributed by atoms with Crippen LogP contribution in [0.25, 0.3) is 0 Å². The summed E-state index contributed by atoms with van der Waals surface area (Å²) in [5, 5.41) is 12.4. The van der Waals surface area contributed by atoms with E-state index < -0.39 is 11.5 Å². The number of rotatable bonds is 4. The second-order valence-electron chi connectivity index (χ2n) is 6.63. The third-order valence-electron chi connectivity index (χ3n) is 4.97. The molecule has 1 unspecified atom stereocenters. The Labute approximate surface area is 120 Å². The zero-order chi connectivity index (χ0) is 14.8. The first-order valence-corrected chi connectivity index (χ1v) is 7.69. The minimum absolute atomic E-state index is 0.0288. The summed E-state index contributed by atoms with van der Waals surface area (Å²) in [6.45, 7) is 4.87. The van der Waals surface area contributed by atoms with Gasteiger partial charge in [-0.3, -0.25) is 14.5 Å². The summed E-state index contributed by atoms with van der Waals surface area (Å²) in [5.74, 6) is -0.0924. The van der Waals surface area contributed by atoms with Crippen LogP contribution in [0.15, 0.2) is 0 Å². The predicted octanol–water partition coefficient (Wildman–Crippen LogP) is 1.62. The minimum atomic E-state index is -0.877. The zero-order valence-corrected chi connectivity index (χ0v) is 12.5. The average molecular weight is 282 g/mol. The van der Waals surface area contributed by atoms with Crippen LogP contribution in [0.2, 0.25) is 0 Å². The lowest BCUT2D eigenvalue weighted by Crippen LogP contribution is -2.52. The highest BCUT2D eigenvalue weighted by atomic mass is 16.4. The van der Waals surface area contributed by atoms with Crippen LogP contribution in [0.5, 0.6) is 0 Å². The fourth-order valence-electron chi connectivity index (χ4n) is 3.37. The van der Waals surface area contributed by atoms with Crippen molar-refractivity contribution in [2.45, 2.75) is 64.0 Å². The van der Waals surface area contributed by atoms with Crippen LogP contribution in [0, 0.1) is 5.92 Å².